The van der Waals surface area contributed by atoms with E-state index in [0.717, 1.165) is 18.6 Å². The number of hydrazine groups is 1. The molecule has 3 unspecified atom stereocenters. The third-order valence-corrected chi connectivity index (χ3v) is 3.61. The molecule has 18 heavy (non-hydrogen) atoms. The van der Waals surface area contributed by atoms with Crippen molar-refractivity contribution in [2.24, 2.45) is 11.8 Å². The molecule has 0 aromatic heterocycles. The van der Waals surface area contributed by atoms with Crippen molar-refractivity contribution in [1.82, 2.24) is 5.43 Å². The molecule has 0 aliphatic carbocycles. The molecule has 0 radical (unpaired) electrons. The quantitative estimate of drug-likeness (QED) is 0.637. The molecular formula is C13H18F2N2O. The summed E-state index contributed by atoms with van der Waals surface area (Å²) in [6.45, 7) is 2.67. The van der Waals surface area contributed by atoms with Crippen molar-refractivity contribution in [3.8, 4) is 0 Å². The highest BCUT2D eigenvalue weighted by Gasteiger charge is 2.31. The molecule has 1 fully saturated rings. The Bertz CT molecular complexity index is 414. The van der Waals surface area contributed by atoms with E-state index in [1.807, 2.05) is 6.92 Å². The molecule has 3 atom stereocenters. The Morgan fingerprint density at radius 3 is 2.89 bits per heavy atom. The number of hydrogen-bond acceptors (Lipinski definition) is 3. The van der Waals surface area contributed by atoms with E-state index in [9.17, 15) is 8.78 Å². The second-order valence-corrected chi connectivity index (χ2v) is 4.74. The summed E-state index contributed by atoms with van der Waals surface area (Å²) in [4.78, 5) is 0. The van der Waals surface area contributed by atoms with Crippen LogP contribution in [0.4, 0.5) is 8.78 Å². The third kappa shape index (κ3) is 2.85. The molecule has 3 nitrogen and oxygen atoms in total. The zero-order valence-electron chi connectivity index (χ0n) is 10.3. The van der Waals surface area contributed by atoms with E-state index >= 15 is 0 Å². The zero-order chi connectivity index (χ0) is 13.1. The number of benzene rings is 1. The summed E-state index contributed by atoms with van der Waals surface area (Å²) < 4.78 is 32.2. The van der Waals surface area contributed by atoms with Gasteiger partial charge in [-0.15, -0.1) is 0 Å². The van der Waals surface area contributed by atoms with Gasteiger partial charge in [-0.25, -0.2) is 8.78 Å². The molecule has 1 aliphatic heterocycles. The number of nitrogens with two attached hydrogens (primary N) is 1. The molecule has 1 heterocycles. The largest absolute Gasteiger partial charge is 0.378 e. The summed E-state index contributed by atoms with van der Waals surface area (Å²) in [5.74, 6) is 4.92. The van der Waals surface area contributed by atoms with Gasteiger partial charge in [0.25, 0.3) is 0 Å². The van der Waals surface area contributed by atoms with Gasteiger partial charge in [-0.3, -0.25) is 11.3 Å². The Kier molecular flexibility index (Phi) is 4.27. The van der Waals surface area contributed by atoms with Crippen LogP contribution in [-0.4, -0.2) is 18.8 Å². The van der Waals surface area contributed by atoms with Gasteiger partial charge in [-0.1, -0.05) is 0 Å². The van der Waals surface area contributed by atoms with Crippen LogP contribution in [0.1, 0.15) is 18.9 Å². The molecule has 5 heteroatoms. The molecule has 0 spiro atoms. The van der Waals surface area contributed by atoms with Gasteiger partial charge in [-0.05, 0) is 43.5 Å². The van der Waals surface area contributed by atoms with Gasteiger partial charge in [0.1, 0.15) is 11.6 Å². The van der Waals surface area contributed by atoms with Crippen molar-refractivity contribution in [1.29, 1.82) is 0 Å². The van der Waals surface area contributed by atoms with Crippen LogP contribution < -0.4 is 11.3 Å². The van der Waals surface area contributed by atoms with E-state index in [2.05, 4.69) is 5.43 Å². The van der Waals surface area contributed by atoms with E-state index in [1.54, 1.807) is 0 Å². The third-order valence-electron chi connectivity index (χ3n) is 3.61. The van der Waals surface area contributed by atoms with E-state index < -0.39 is 11.6 Å². The van der Waals surface area contributed by atoms with Crippen LogP contribution in [0.15, 0.2) is 18.2 Å². The van der Waals surface area contributed by atoms with Crippen molar-refractivity contribution in [3.05, 3.63) is 35.4 Å². The molecule has 0 amide bonds. The van der Waals surface area contributed by atoms with Gasteiger partial charge >= 0.3 is 0 Å². The number of ether oxygens (including phenoxy) is 1. The van der Waals surface area contributed by atoms with Gasteiger partial charge in [0.2, 0.25) is 0 Å². The molecular weight excluding hydrogens is 238 g/mol. The smallest absolute Gasteiger partial charge is 0.126 e. The van der Waals surface area contributed by atoms with Gasteiger partial charge in [-0.2, -0.15) is 0 Å². The minimum absolute atomic E-state index is 0.0858. The maximum Gasteiger partial charge on any atom is 0.126 e. The lowest BCUT2D eigenvalue weighted by Gasteiger charge is -2.25. The molecule has 2 rings (SSSR count). The zero-order valence-corrected chi connectivity index (χ0v) is 10.3. The molecule has 0 bridgehead atoms. The van der Waals surface area contributed by atoms with E-state index in [0.29, 0.717) is 18.6 Å². The van der Waals surface area contributed by atoms with Crippen molar-refractivity contribution in [2.45, 2.75) is 31.9 Å². The number of nitrogens with one attached hydrogen (secondary N) is 1. The Morgan fingerprint density at radius 2 is 2.28 bits per heavy atom. The maximum absolute atomic E-state index is 13.6. The van der Waals surface area contributed by atoms with E-state index in [4.69, 9.17) is 10.6 Å². The highest BCUT2D eigenvalue weighted by molar-refractivity contribution is 5.20. The lowest BCUT2D eigenvalue weighted by atomic mass is 9.89. The Hall–Kier alpha value is -1.04. The normalized spacial score (nSPS) is 25.3. The second kappa shape index (κ2) is 5.73. The van der Waals surface area contributed by atoms with Crippen LogP contribution >= 0.6 is 0 Å². The van der Waals surface area contributed by atoms with Crippen molar-refractivity contribution in [3.63, 3.8) is 0 Å². The van der Waals surface area contributed by atoms with Crippen LogP contribution in [-0.2, 0) is 11.2 Å². The molecule has 1 aromatic carbocycles. The monoisotopic (exact) mass is 256 g/mol. The SMILES string of the molecule is CC1OCCC1C(Cc1cc(F)ccc1F)NN. The fourth-order valence-electron chi connectivity index (χ4n) is 2.55. The molecule has 1 aliphatic rings. The van der Waals surface area contributed by atoms with Gasteiger partial charge in [0.05, 0.1) is 6.10 Å². The van der Waals surface area contributed by atoms with Gasteiger partial charge in [0, 0.05) is 18.6 Å². The number of hydrogen-bond donors (Lipinski definition) is 2. The van der Waals surface area contributed by atoms with Crippen molar-refractivity contribution < 1.29 is 13.5 Å². The number of halogens is 2. The average molecular weight is 256 g/mol. The summed E-state index contributed by atoms with van der Waals surface area (Å²) in [6, 6.07) is 3.37. The maximum atomic E-state index is 13.6. The fourth-order valence-corrected chi connectivity index (χ4v) is 2.55. The minimum atomic E-state index is -0.433. The minimum Gasteiger partial charge on any atom is -0.378 e. The van der Waals surface area contributed by atoms with E-state index in [1.165, 1.54) is 6.07 Å². The Labute approximate surface area is 105 Å². The van der Waals surface area contributed by atoms with Crippen LogP contribution in [0.2, 0.25) is 0 Å². The summed E-state index contributed by atoms with van der Waals surface area (Å²) in [5, 5.41) is 0. The lowest BCUT2D eigenvalue weighted by molar-refractivity contribution is 0.0953. The average Bonchev–Trinajstić information content (AvgIpc) is 2.77. The first-order valence-corrected chi connectivity index (χ1v) is 6.13. The van der Waals surface area contributed by atoms with Gasteiger partial charge < -0.3 is 4.74 Å². The Morgan fingerprint density at radius 1 is 1.50 bits per heavy atom. The fraction of sp³-hybridized carbons (Fsp3) is 0.538. The highest BCUT2D eigenvalue weighted by atomic mass is 19.1. The summed E-state index contributed by atoms with van der Waals surface area (Å²) in [5.41, 5.74) is 3.04. The second-order valence-electron chi connectivity index (χ2n) is 4.74. The molecule has 1 aromatic rings. The first kappa shape index (κ1) is 13.4. The summed E-state index contributed by atoms with van der Waals surface area (Å²) in [7, 11) is 0. The van der Waals surface area contributed by atoms with Gasteiger partial charge in [0.15, 0.2) is 0 Å². The predicted octanol–water partition coefficient (Wildman–Crippen LogP) is 1.76. The molecule has 3 N–H and O–H groups in total. The summed E-state index contributed by atoms with van der Waals surface area (Å²) in [6.07, 6.45) is 1.33. The van der Waals surface area contributed by atoms with Crippen LogP contribution in [0.25, 0.3) is 0 Å². The van der Waals surface area contributed by atoms with Crippen molar-refractivity contribution in [2.75, 3.05) is 6.61 Å². The first-order chi connectivity index (χ1) is 8.61. The Balaban J connectivity index is 2.12. The van der Waals surface area contributed by atoms with Crippen LogP contribution in [0.5, 0.6) is 0 Å². The lowest BCUT2D eigenvalue weighted by Crippen LogP contribution is -2.44. The predicted molar refractivity (Wildman–Crippen MR) is 64.7 cm³/mol. The highest BCUT2D eigenvalue weighted by Crippen LogP contribution is 2.26. The summed E-state index contributed by atoms with van der Waals surface area (Å²) >= 11 is 0. The standard InChI is InChI=1S/C13H18F2N2O/c1-8-11(4-5-18-8)13(17-16)7-9-6-10(14)2-3-12(9)15/h2-3,6,8,11,13,17H,4-5,7,16H2,1H3. The van der Waals surface area contributed by atoms with Crippen LogP contribution in [0, 0.1) is 17.6 Å². The molecule has 1 saturated heterocycles. The topological polar surface area (TPSA) is 47.3 Å². The van der Waals surface area contributed by atoms with Crippen LogP contribution in [0.3, 0.4) is 0 Å². The van der Waals surface area contributed by atoms with E-state index in [-0.39, 0.29) is 18.1 Å². The number of rotatable bonds is 4. The first-order valence-electron chi connectivity index (χ1n) is 6.13. The molecule has 0 saturated carbocycles. The van der Waals surface area contributed by atoms with Crippen molar-refractivity contribution >= 4 is 0 Å². The molecule has 100 valence electrons.